The Bertz CT molecular complexity index is 180. The van der Waals surface area contributed by atoms with Gasteiger partial charge in [-0.25, -0.2) is 0 Å². The predicted molar refractivity (Wildman–Crippen MR) is 71.9 cm³/mol. The number of hydrogen-bond donors (Lipinski definition) is 1. The summed E-state index contributed by atoms with van der Waals surface area (Å²) < 4.78 is 6.08. The Hall–Kier alpha value is -0.0800. The molecule has 0 spiro atoms. The van der Waals surface area contributed by atoms with Crippen molar-refractivity contribution in [1.29, 1.82) is 0 Å². The number of rotatable bonds is 9. The van der Waals surface area contributed by atoms with Crippen LogP contribution in [-0.2, 0) is 4.74 Å². The third kappa shape index (κ3) is 6.49. The Balaban J connectivity index is 3.94. The van der Waals surface area contributed by atoms with Crippen molar-refractivity contribution in [2.75, 3.05) is 20.2 Å². The second kappa shape index (κ2) is 7.29. The summed E-state index contributed by atoms with van der Waals surface area (Å²) in [5, 5.41) is 3.20. The molecule has 0 aliphatic heterocycles. The van der Waals surface area contributed by atoms with E-state index in [9.17, 15) is 0 Å². The van der Waals surface area contributed by atoms with Crippen LogP contribution in [0.1, 0.15) is 60.3 Å². The molecule has 0 aromatic carbocycles. The van der Waals surface area contributed by atoms with Gasteiger partial charge in [0.2, 0.25) is 0 Å². The Labute approximate surface area is 102 Å². The minimum atomic E-state index is 0.0484. The normalized spacial score (nSPS) is 16.1. The van der Waals surface area contributed by atoms with Crippen molar-refractivity contribution in [3.8, 4) is 0 Å². The first-order valence-electron chi connectivity index (χ1n) is 6.67. The topological polar surface area (TPSA) is 21.3 Å². The molecule has 2 heteroatoms. The molecule has 1 unspecified atom stereocenters. The molecule has 0 aromatic heterocycles. The largest absolute Gasteiger partial charge is 0.375 e. The number of hydrogen-bond acceptors (Lipinski definition) is 2. The van der Waals surface area contributed by atoms with Crippen molar-refractivity contribution in [3.63, 3.8) is 0 Å². The minimum absolute atomic E-state index is 0.0484. The summed E-state index contributed by atoms with van der Waals surface area (Å²) in [6.45, 7) is 13.2. The Kier molecular flexibility index (Phi) is 7.25. The van der Waals surface area contributed by atoms with E-state index >= 15 is 0 Å². The van der Waals surface area contributed by atoms with E-state index in [2.05, 4.69) is 39.9 Å². The molecular formula is C14H31NO. The Morgan fingerprint density at radius 3 is 2.06 bits per heavy atom. The highest BCUT2D eigenvalue weighted by molar-refractivity contribution is 4.75. The maximum absolute atomic E-state index is 6.08. The summed E-state index contributed by atoms with van der Waals surface area (Å²) in [4.78, 5) is 0. The van der Waals surface area contributed by atoms with Crippen molar-refractivity contribution >= 4 is 0 Å². The fourth-order valence-corrected chi connectivity index (χ4v) is 1.49. The average Bonchev–Trinajstić information content (AvgIpc) is 2.26. The molecule has 0 bridgehead atoms. The van der Waals surface area contributed by atoms with Crippen molar-refractivity contribution in [2.45, 2.75) is 65.9 Å². The first-order valence-corrected chi connectivity index (χ1v) is 6.67. The van der Waals surface area contributed by atoms with Crippen LogP contribution in [0.15, 0.2) is 0 Å². The van der Waals surface area contributed by atoms with Gasteiger partial charge >= 0.3 is 0 Å². The zero-order valence-electron chi connectivity index (χ0n) is 12.2. The van der Waals surface area contributed by atoms with E-state index in [1.807, 2.05) is 7.05 Å². The molecule has 16 heavy (non-hydrogen) atoms. The minimum Gasteiger partial charge on any atom is -0.375 e. The molecule has 0 aliphatic carbocycles. The number of nitrogens with one attached hydrogen (secondary N) is 1. The molecule has 0 saturated heterocycles. The molecule has 98 valence electrons. The lowest BCUT2D eigenvalue weighted by Crippen LogP contribution is -2.33. The third-order valence-electron chi connectivity index (χ3n) is 3.84. The monoisotopic (exact) mass is 229 g/mol. The van der Waals surface area contributed by atoms with Gasteiger partial charge in [0.15, 0.2) is 0 Å². The van der Waals surface area contributed by atoms with Gasteiger partial charge in [-0.1, -0.05) is 34.1 Å². The zero-order valence-corrected chi connectivity index (χ0v) is 12.2. The predicted octanol–water partition coefficient (Wildman–Crippen LogP) is 3.61. The van der Waals surface area contributed by atoms with E-state index in [1.165, 1.54) is 6.42 Å². The van der Waals surface area contributed by atoms with Crippen LogP contribution in [0.25, 0.3) is 0 Å². The summed E-state index contributed by atoms with van der Waals surface area (Å²) in [7, 11) is 2.00. The summed E-state index contributed by atoms with van der Waals surface area (Å²) in [6.07, 6.45) is 4.54. The molecule has 0 aromatic rings. The fraction of sp³-hybridized carbons (Fsp3) is 1.00. The first kappa shape index (κ1) is 15.9. The summed E-state index contributed by atoms with van der Waals surface area (Å²) in [5.74, 6) is 0. The molecule has 1 atom stereocenters. The number of ether oxygens (including phenoxy) is 1. The van der Waals surface area contributed by atoms with Crippen LogP contribution in [0.3, 0.4) is 0 Å². The van der Waals surface area contributed by atoms with Crippen molar-refractivity contribution in [2.24, 2.45) is 5.41 Å². The second-order valence-electron chi connectivity index (χ2n) is 5.77. The summed E-state index contributed by atoms with van der Waals surface area (Å²) >= 11 is 0. The Morgan fingerprint density at radius 1 is 1.00 bits per heavy atom. The van der Waals surface area contributed by atoms with Crippen molar-refractivity contribution < 1.29 is 4.74 Å². The van der Waals surface area contributed by atoms with Gasteiger partial charge in [-0.15, -0.1) is 0 Å². The molecule has 2 nitrogen and oxygen atoms in total. The highest BCUT2D eigenvalue weighted by Gasteiger charge is 2.23. The van der Waals surface area contributed by atoms with Gasteiger partial charge in [0.05, 0.1) is 5.60 Å². The van der Waals surface area contributed by atoms with E-state index < -0.39 is 0 Å². The van der Waals surface area contributed by atoms with E-state index in [4.69, 9.17) is 4.74 Å². The van der Waals surface area contributed by atoms with Crippen LogP contribution >= 0.6 is 0 Å². The quantitative estimate of drug-likeness (QED) is 0.652. The van der Waals surface area contributed by atoms with Crippen LogP contribution in [0.4, 0.5) is 0 Å². The van der Waals surface area contributed by atoms with Crippen LogP contribution in [0.2, 0.25) is 0 Å². The molecule has 0 amide bonds. The molecule has 0 radical (unpaired) electrons. The molecular weight excluding hydrogens is 198 g/mol. The average molecular weight is 229 g/mol. The summed E-state index contributed by atoms with van der Waals surface area (Å²) in [5.41, 5.74) is 0.463. The second-order valence-corrected chi connectivity index (χ2v) is 5.77. The highest BCUT2D eigenvalue weighted by atomic mass is 16.5. The zero-order chi connectivity index (χ0) is 12.7. The van der Waals surface area contributed by atoms with Gasteiger partial charge in [-0.3, -0.25) is 0 Å². The lowest BCUT2D eigenvalue weighted by Gasteiger charge is -2.31. The SMILES string of the molecule is CCC(C)(C)CCOC(C)(CC)CCNC. The smallest absolute Gasteiger partial charge is 0.0664 e. The van der Waals surface area contributed by atoms with Crippen LogP contribution < -0.4 is 5.32 Å². The van der Waals surface area contributed by atoms with Crippen molar-refractivity contribution in [3.05, 3.63) is 0 Å². The lowest BCUT2D eigenvalue weighted by atomic mass is 9.87. The first-order chi connectivity index (χ1) is 7.39. The van der Waals surface area contributed by atoms with Gasteiger partial charge in [0.25, 0.3) is 0 Å². The van der Waals surface area contributed by atoms with Crippen molar-refractivity contribution in [1.82, 2.24) is 5.32 Å². The lowest BCUT2D eigenvalue weighted by molar-refractivity contribution is -0.0495. The maximum atomic E-state index is 6.08. The molecule has 0 aliphatic rings. The Morgan fingerprint density at radius 2 is 1.62 bits per heavy atom. The molecule has 0 fully saturated rings. The summed E-state index contributed by atoms with van der Waals surface area (Å²) in [6, 6.07) is 0. The van der Waals surface area contributed by atoms with Gasteiger partial charge in [0, 0.05) is 6.61 Å². The van der Waals surface area contributed by atoms with Crippen LogP contribution in [0, 0.1) is 5.41 Å². The van der Waals surface area contributed by atoms with Gasteiger partial charge in [0.1, 0.15) is 0 Å². The van der Waals surface area contributed by atoms with Crippen LogP contribution in [0.5, 0.6) is 0 Å². The third-order valence-corrected chi connectivity index (χ3v) is 3.84. The van der Waals surface area contributed by atoms with E-state index in [-0.39, 0.29) is 5.60 Å². The van der Waals surface area contributed by atoms with Gasteiger partial charge in [-0.2, -0.15) is 0 Å². The van der Waals surface area contributed by atoms with E-state index in [0.29, 0.717) is 5.41 Å². The molecule has 0 saturated carbocycles. The van der Waals surface area contributed by atoms with E-state index in [0.717, 1.165) is 32.4 Å². The van der Waals surface area contributed by atoms with Gasteiger partial charge < -0.3 is 10.1 Å². The van der Waals surface area contributed by atoms with E-state index in [1.54, 1.807) is 0 Å². The van der Waals surface area contributed by atoms with Crippen LogP contribution in [-0.4, -0.2) is 25.8 Å². The maximum Gasteiger partial charge on any atom is 0.0664 e. The highest BCUT2D eigenvalue weighted by Crippen LogP contribution is 2.26. The molecule has 1 N–H and O–H groups in total. The molecule has 0 heterocycles. The standard InChI is InChI=1S/C14H31NO/c1-7-13(3,4)10-12-16-14(5,8-2)9-11-15-6/h15H,7-12H2,1-6H3. The van der Waals surface area contributed by atoms with Gasteiger partial charge in [-0.05, 0) is 45.2 Å². The molecule has 0 rings (SSSR count). The fourth-order valence-electron chi connectivity index (χ4n) is 1.49.